The summed E-state index contributed by atoms with van der Waals surface area (Å²) in [5.41, 5.74) is 0. The van der Waals surface area contributed by atoms with Gasteiger partial charge in [-0.3, -0.25) is 9.69 Å². The normalized spacial score (nSPS) is 22.3. The zero-order chi connectivity index (χ0) is 12.8. The molecule has 0 aliphatic carbocycles. The Morgan fingerprint density at radius 2 is 2.00 bits per heavy atom. The quantitative estimate of drug-likeness (QED) is 0.745. The van der Waals surface area contributed by atoms with E-state index in [4.69, 9.17) is 0 Å². The first kappa shape index (κ1) is 14.5. The number of rotatable bonds is 6. The van der Waals surface area contributed by atoms with Crippen molar-refractivity contribution in [3.8, 4) is 0 Å². The Morgan fingerprint density at radius 1 is 1.41 bits per heavy atom. The lowest BCUT2D eigenvalue weighted by Gasteiger charge is -2.36. The molecule has 1 heterocycles. The standard InChI is InChI=1S/C13H25NO3/c1-3-4-5-12(13(16)17)14-8-6-11(7-9-14)10(2)15/h10-12,15H,3-9H2,1-2H3,(H,16,17). The van der Waals surface area contributed by atoms with Crippen LogP contribution >= 0.6 is 0 Å². The molecule has 0 aromatic heterocycles. The van der Waals surface area contributed by atoms with Gasteiger partial charge in [0, 0.05) is 0 Å². The van der Waals surface area contributed by atoms with Crippen molar-refractivity contribution in [2.24, 2.45) is 5.92 Å². The Kier molecular flexibility index (Phi) is 5.92. The first-order valence-corrected chi connectivity index (χ1v) is 6.71. The van der Waals surface area contributed by atoms with Crippen LogP contribution in [0.5, 0.6) is 0 Å². The fourth-order valence-electron chi connectivity index (χ4n) is 2.57. The van der Waals surface area contributed by atoms with Crippen LogP contribution in [0.1, 0.15) is 46.0 Å². The minimum Gasteiger partial charge on any atom is -0.480 e. The van der Waals surface area contributed by atoms with Gasteiger partial charge in [-0.1, -0.05) is 19.8 Å². The van der Waals surface area contributed by atoms with E-state index in [1.807, 2.05) is 6.92 Å². The topological polar surface area (TPSA) is 60.8 Å². The van der Waals surface area contributed by atoms with Crippen LogP contribution in [-0.4, -0.2) is 46.3 Å². The summed E-state index contributed by atoms with van der Waals surface area (Å²) in [6, 6.07) is -0.329. The number of hydrogen-bond acceptors (Lipinski definition) is 3. The van der Waals surface area contributed by atoms with Crippen LogP contribution < -0.4 is 0 Å². The molecule has 0 bridgehead atoms. The second-order valence-corrected chi connectivity index (χ2v) is 5.11. The van der Waals surface area contributed by atoms with Crippen molar-refractivity contribution in [3.05, 3.63) is 0 Å². The molecule has 0 amide bonds. The van der Waals surface area contributed by atoms with Crippen LogP contribution in [-0.2, 0) is 4.79 Å². The number of nitrogens with zero attached hydrogens (tertiary/aromatic N) is 1. The molecule has 100 valence electrons. The van der Waals surface area contributed by atoms with Gasteiger partial charge in [-0.25, -0.2) is 0 Å². The predicted molar refractivity (Wildman–Crippen MR) is 66.9 cm³/mol. The number of unbranched alkanes of at least 4 members (excludes halogenated alkanes) is 1. The summed E-state index contributed by atoms with van der Waals surface area (Å²) < 4.78 is 0. The first-order chi connectivity index (χ1) is 8.06. The van der Waals surface area contributed by atoms with Crippen LogP contribution in [0.3, 0.4) is 0 Å². The molecule has 0 aromatic carbocycles. The summed E-state index contributed by atoms with van der Waals surface area (Å²) in [5.74, 6) is -0.360. The van der Waals surface area contributed by atoms with E-state index in [1.54, 1.807) is 0 Å². The molecule has 0 saturated carbocycles. The summed E-state index contributed by atoms with van der Waals surface area (Å²) >= 11 is 0. The number of piperidine rings is 1. The van der Waals surface area contributed by atoms with E-state index >= 15 is 0 Å². The Bertz CT molecular complexity index is 235. The van der Waals surface area contributed by atoms with Gasteiger partial charge >= 0.3 is 5.97 Å². The van der Waals surface area contributed by atoms with Gasteiger partial charge in [0.15, 0.2) is 0 Å². The molecule has 1 fully saturated rings. The molecule has 1 aliphatic rings. The highest BCUT2D eigenvalue weighted by molar-refractivity contribution is 5.73. The van der Waals surface area contributed by atoms with Crippen LogP contribution in [0.25, 0.3) is 0 Å². The maximum absolute atomic E-state index is 11.2. The number of carboxylic acids is 1. The van der Waals surface area contributed by atoms with Crippen LogP contribution in [0.4, 0.5) is 0 Å². The monoisotopic (exact) mass is 243 g/mol. The molecule has 2 unspecified atom stereocenters. The minimum atomic E-state index is -0.700. The average Bonchev–Trinajstić information content (AvgIpc) is 2.29. The maximum atomic E-state index is 11.2. The van der Waals surface area contributed by atoms with Gasteiger partial charge in [0.2, 0.25) is 0 Å². The van der Waals surface area contributed by atoms with E-state index in [1.165, 1.54) is 0 Å². The molecule has 0 spiro atoms. The molecule has 4 heteroatoms. The fourth-order valence-corrected chi connectivity index (χ4v) is 2.57. The van der Waals surface area contributed by atoms with Gasteiger partial charge in [0.1, 0.15) is 6.04 Å². The van der Waals surface area contributed by atoms with Crippen molar-refractivity contribution < 1.29 is 15.0 Å². The Hall–Kier alpha value is -0.610. The van der Waals surface area contributed by atoms with E-state index in [0.717, 1.165) is 45.2 Å². The molecular formula is C13H25NO3. The average molecular weight is 243 g/mol. The summed E-state index contributed by atoms with van der Waals surface area (Å²) in [6.45, 7) is 5.51. The number of aliphatic hydroxyl groups is 1. The first-order valence-electron chi connectivity index (χ1n) is 6.71. The maximum Gasteiger partial charge on any atom is 0.320 e. The Labute approximate surface area is 104 Å². The van der Waals surface area contributed by atoms with Crippen LogP contribution in [0, 0.1) is 5.92 Å². The van der Waals surface area contributed by atoms with Gasteiger partial charge in [-0.2, -0.15) is 0 Å². The van der Waals surface area contributed by atoms with E-state index in [0.29, 0.717) is 5.92 Å². The predicted octanol–water partition coefficient (Wildman–Crippen LogP) is 1.72. The molecule has 0 aromatic rings. The van der Waals surface area contributed by atoms with Gasteiger partial charge in [-0.05, 0) is 45.2 Å². The molecule has 1 aliphatic heterocycles. The molecule has 0 radical (unpaired) electrons. The highest BCUT2D eigenvalue weighted by Gasteiger charge is 2.30. The van der Waals surface area contributed by atoms with Crippen molar-refractivity contribution in [3.63, 3.8) is 0 Å². The molecule has 17 heavy (non-hydrogen) atoms. The number of likely N-dealkylation sites (tertiary alicyclic amines) is 1. The Morgan fingerprint density at radius 3 is 2.41 bits per heavy atom. The SMILES string of the molecule is CCCCC(C(=O)O)N1CCC(C(C)O)CC1. The third-order valence-electron chi connectivity index (χ3n) is 3.81. The van der Waals surface area contributed by atoms with Gasteiger partial charge in [0.25, 0.3) is 0 Å². The lowest BCUT2D eigenvalue weighted by molar-refractivity contribution is -0.144. The number of aliphatic hydroxyl groups excluding tert-OH is 1. The summed E-state index contributed by atoms with van der Waals surface area (Å²) in [4.78, 5) is 13.3. The second-order valence-electron chi connectivity index (χ2n) is 5.11. The van der Waals surface area contributed by atoms with E-state index < -0.39 is 5.97 Å². The molecule has 1 rings (SSSR count). The Balaban J connectivity index is 2.46. The van der Waals surface area contributed by atoms with Gasteiger partial charge in [0.05, 0.1) is 6.10 Å². The van der Waals surface area contributed by atoms with Crippen molar-refractivity contribution in [1.82, 2.24) is 4.90 Å². The second kappa shape index (κ2) is 6.97. The van der Waals surface area contributed by atoms with Gasteiger partial charge < -0.3 is 10.2 Å². The summed E-state index contributed by atoms with van der Waals surface area (Å²) in [5, 5.41) is 18.8. The van der Waals surface area contributed by atoms with Gasteiger partial charge in [-0.15, -0.1) is 0 Å². The molecule has 1 saturated heterocycles. The fraction of sp³-hybridized carbons (Fsp3) is 0.923. The third-order valence-corrected chi connectivity index (χ3v) is 3.81. The highest BCUT2D eigenvalue weighted by Crippen LogP contribution is 2.23. The molecule has 4 nitrogen and oxygen atoms in total. The molecule has 2 N–H and O–H groups in total. The smallest absolute Gasteiger partial charge is 0.320 e. The molecule has 2 atom stereocenters. The van der Waals surface area contributed by atoms with Crippen LogP contribution in [0.2, 0.25) is 0 Å². The van der Waals surface area contributed by atoms with Crippen molar-refractivity contribution >= 4 is 5.97 Å². The highest BCUT2D eigenvalue weighted by atomic mass is 16.4. The summed E-state index contributed by atoms with van der Waals surface area (Å²) in [7, 11) is 0. The number of carboxylic acid groups (broad SMARTS) is 1. The lowest BCUT2D eigenvalue weighted by atomic mass is 9.91. The number of hydrogen-bond donors (Lipinski definition) is 2. The van der Waals surface area contributed by atoms with Crippen molar-refractivity contribution in [2.75, 3.05) is 13.1 Å². The van der Waals surface area contributed by atoms with E-state index in [-0.39, 0.29) is 12.1 Å². The zero-order valence-electron chi connectivity index (χ0n) is 10.9. The summed E-state index contributed by atoms with van der Waals surface area (Å²) in [6.07, 6.45) is 4.30. The zero-order valence-corrected chi connectivity index (χ0v) is 10.9. The minimum absolute atomic E-state index is 0.268. The van der Waals surface area contributed by atoms with Crippen molar-refractivity contribution in [2.45, 2.75) is 58.1 Å². The largest absolute Gasteiger partial charge is 0.480 e. The van der Waals surface area contributed by atoms with E-state index in [2.05, 4.69) is 11.8 Å². The molecular weight excluding hydrogens is 218 g/mol. The number of carbonyl (C=O) groups is 1. The number of aliphatic carboxylic acids is 1. The lowest BCUT2D eigenvalue weighted by Crippen LogP contribution is -2.46. The van der Waals surface area contributed by atoms with E-state index in [9.17, 15) is 15.0 Å². The van der Waals surface area contributed by atoms with Crippen molar-refractivity contribution in [1.29, 1.82) is 0 Å². The van der Waals surface area contributed by atoms with Crippen LogP contribution in [0.15, 0.2) is 0 Å². The third kappa shape index (κ3) is 4.28.